The second kappa shape index (κ2) is 8.97. The molecule has 2 aromatic rings. The van der Waals surface area contributed by atoms with Gasteiger partial charge in [-0.1, -0.05) is 26.8 Å². The van der Waals surface area contributed by atoms with Crippen molar-refractivity contribution in [1.29, 1.82) is 0 Å². The zero-order valence-electron chi connectivity index (χ0n) is 17.4. The molecule has 0 aliphatic heterocycles. The molecule has 0 spiro atoms. The van der Waals surface area contributed by atoms with Crippen LogP contribution in [0.2, 0.25) is 0 Å². The first-order valence-corrected chi connectivity index (χ1v) is 11.5. The Morgan fingerprint density at radius 3 is 2.20 bits per heavy atom. The number of hydrogen-bond acceptors (Lipinski definition) is 4. The van der Waals surface area contributed by atoms with Gasteiger partial charge in [-0.15, -0.1) is 0 Å². The van der Waals surface area contributed by atoms with Crippen LogP contribution in [-0.2, 0) is 14.8 Å². The highest BCUT2D eigenvalue weighted by atomic mass is 32.2. The van der Waals surface area contributed by atoms with E-state index >= 15 is 0 Å². The lowest BCUT2D eigenvalue weighted by molar-refractivity contribution is -0.117. The average Bonchev–Trinajstić information content (AvgIpc) is 3.46. The number of carbonyl (C=O) groups is 2. The van der Waals surface area contributed by atoms with Crippen LogP contribution >= 0.6 is 0 Å². The molecule has 0 radical (unpaired) electrons. The molecule has 0 bridgehead atoms. The van der Waals surface area contributed by atoms with Gasteiger partial charge in [-0.05, 0) is 54.8 Å². The number of amides is 2. The van der Waals surface area contributed by atoms with Gasteiger partial charge in [-0.3, -0.25) is 9.59 Å². The number of hydrogen-bond donors (Lipinski definition) is 2. The Bertz CT molecular complexity index is 1030. The van der Waals surface area contributed by atoms with Crippen LogP contribution in [0.1, 0.15) is 37.6 Å². The fourth-order valence-corrected chi connectivity index (χ4v) is 4.74. The third kappa shape index (κ3) is 4.88. The summed E-state index contributed by atoms with van der Waals surface area (Å²) in [6, 6.07) is 12.8. The van der Waals surface area contributed by atoms with Crippen LogP contribution in [0, 0.1) is 11.8 Å². The van der Waals surface area contributed by atoms with Crippen LogP contribution in [0.25, 0.3) is 0 Å². The summed E-state index contributed by atoms with van der Waals surface area (Å²) in [6.07, 6.45) is 0.895. The molecule has 2 amide bonds. The molecule has 0 saturated heterocycles. The second-order valence-electron chi connectivity index (χ2n) is 7.46. The van der Waals surface area contributed by atoms with Gasteiger partial charge in [0.1, 0.15) is 0 Å². The minimum atomic E-state index is -3.54. The Morgan fingerprint density at radius 2 is 1.63 bits per heavy atom. The molecule has 2 N–H and O–H groups in total. The fraction of sp³-hybridized carbons (Fsp3) is 0.364. The number of sulfonamides is 1. The first-order valence-electron chi connectivity index (χ1n) is 10.1. The van der Waals surface area contributed by atoms with E-state index in [4.69, 9.17) is 0 Å². The van der Waals surface area contributed by atoms with E-state index in [0.717, 1.165) is 6.42 Å². The van der Waals surface area contributed by atoms with E-state index in [1.165, 1.54) is 16.4 Å². The van der Waals surface area contributed by atoms with Crippen molar-refractivity contribution in [3.8, 4) is 0 Å². The van der Waals surface area contributed by atoms with Crippen molar-refractivity contribution in [1.82, 2.24) is 4.31 Å². The van der Waals surface area contributed by atoms with Gasteiger partial charge in [-0.25, -0.2) is 8.42 Å². The van der Waals surface area contributed by atoms with Gasteiger partial charge in [0.05, 0.1) is 4.90 Å². The molecule has 0 heterocycles. The van der Waals surface area contributed by atoms with Crippen molar-refractivity contribution in [3.05, 3.63) is 54.1 Å². The Balaban J connectivity index is 1.67. The predicted molar refractivity (Wildman–Crippen MR) is 117 cm³/mol. The maximum atomic E-state index is 12.6. The Labute approximate surface area is 177 Å². The number of benzene rings is 2. The fourth-order valence-electron chi connectivity index (χ4n) is 3.29. The van der Waals surface area contributed by atoms with Crippen molar-refractivity contribution in [2.24, 2.45) is 11.8 Å². The van der Waals surface area contributed by atoms with Gasteiger partial charge in [-0.2, -0.15) is 4.31 Å². The molecule has 7 nitrogen and oxygen atoms in total. The summed E-state index contributed by atoms with van der Waals surface area (Å²) in [4.78, 5) is 24.9. The minimum Gasteiger partial charge on any atom is -0.326 e. The first kappa shape index (κ1) is 22.0. The van der Waals surface area contributed by atoms with E-state index in [-0.39, 0.29) is 22.6 Å². The standard InChI is InChI=1S/C22H27N3O4S/c1-4-25(5-2)30(28,29)19-11-9-17(10-12-19)23-21(26)16-7-6-8-18(14-16)24-22(27)20-13-15(20)3/h6-12,14-15,20H,4-5,13H2,1-3H3,(H,23,26)(H,24,27). The summed E-state index contributed by atoms with van der Waals surface area (Å²) in [5.74, 6) is 0.0916. The van der Waals surface area contributed by atoms with Crippen LogP contribution in [0.15, 0.2) is 53.4 Å². The molecule has 8 heteroatoms. The number of nitrogens with one attached hydrogen (secondary N) is 2. The van der Waals surface area contributed by atoms with E-state index in [1.54, 1.807) is 50.2 Å². The normalized spacial score (nSPS) is 18.1. The molecule has 160 valence electrons. The molecule has 3 rings (SSSR count). The Morgan fingerprint density at radius 1 is 1.00 bits per heavy atom. The van der Waals surface area contributed by atoms with Gasteiger partial charge in [0.15, 0.2) is 0 Å². The lowest BCUT2D eigenvalue weighted by atomic mass is 10.1. The van der Waals surface area contributed by atoms with Crippen molar-refractivity contribution in [2.45, 2.75) is 32.1 Å². The summed E-state index contributed by atoms with van der Waals surface area (Å²) < 4.78 is 26.5. The molecular weight excluding hydrogens is 402 g/mol. The summed E-state index contributed by atoms with van der Waals surface area (Å²) in [5.41, 5.74) is 1.46. The smallest absolute Gasteiger partial charge is 0.255 e. The van der Waals surface area contributed by atoms with E-state index in [1.807, 2.05) is 6.92 Å². The zero-order chi connectivity index (χ0) is 21.9. The quantitative estimate of drug-likeness (QED) is 0.671. The van der Waals surface area contributed by atoms with Crippen LogP contribution in [0.5, 0.6) is 0 Å². The highest BCUT2D eigenvalue weighted by Crippen LogP contribution is 2.38. The molecule has 2 unspecified atom stereocenters. The molecule has 2 aromatic carbocycles. The summed E-state index contributed by atoms with van der Waals surface area (Å²) >= 11 is 0. The van der Waals surface area contributed by atoms with Crippen LogP contribution in [0.4, 0.5) is 11.4 Å². The van der Waals surface area contributed by atoms with Gasteiger partial charge >= 0.3 is 0 Å². The van der Waals surface area contributed by atoms with Crippen molar-refractivity contribution < 1.29 is 18.0 Å². The molecule has 0 aromatic heterocycles. The maximum absolute atomic E-state index is 12.6. The summed E-state index contributed by atoms with van der Waals surface area (Å²) in [6.45, 7) is 6.40. The monoisotopic (exact) mass is 429 g/mol. The van der Waals surface area contributed by atoms with Gasteiger partial charge in [0.2, 0.25) is 15.9 Å². The Hall–Kier alpha value is -2.71. The average molecular weight is 430 g/mol. The van der Waals surface area contributed by atoms with E-state index in [9.17, 15) is 18.0 Å². The molecule has 1 saturated carbocycles. The lowest BCUT2D eigenvalue weighted by Crippen LogP contribution is -2.30. The summed E-state index contributed by atoms with van der Waals surface area (Å²) in [7, 11) is -3.54. The third-order valence-electron chi connectivity index (χ3n) is 5.29. The first-order chi connectivity index (χ1) is 14.3. The van der Waals surface area contributed by atoms with Gasteiger partial charge < -0.3 is 10.6 Å². The molecule has 30 heavy (non-hydrogen) atoms. The van der Waals surface area contributed by atoms with Crippen LogP contribution in [0.3, 0.4) is 0 Å². The van der Waals surface area contributed by atoms with Gasteiger partial charge in [0, 0.05) is 35.9 Å². The van der Waals surface area contributed by atoms with E-state index in [2.05, 4.69) is 10.6 Å². The lowest BCUT2D eigenvalue weighted by Gasteiger charge is -2.18. The second-order valence-corrected chi connectivity index (χ2v) is 9.40. The zero-order valence-corrected chi connectivity index (χ0v) is 18.2. The Kier molecular flexibility index (Phi) is 6.58. The highest BCUT2D eigenvalue weighted by molar-refractivity contribution is 7.89. The highest BCUT2D eigenvalue weighted by Gasteiger charge is 2.39. The molecule has 1 fully saturated rings. The topological polar surface area (TPSA) is 95.6 Å². The van der Waals surface area contributed by atoms with E-state index in [0.29, 0.717) is 35.9 Å². The summed E-state index contributed by atoms with van der Waals surface area (Å²) in [5, 5.41) is 5.61. The van der Waals surface area contributed by atoms with Crippen molar-refractivity contribution in [3.63, 3.8) is 0 Å². The predicted octanol–water partition coefficient (Wildman–Crippen LogP) is 3.56. The van der Waals surface area contributed by atoms with Crippen molar-refractivity contribution >= 4 is 33.2 Å². The number of rotatable bonds is 8. The molecule has 1 aliphatic rings. The van der Waals surface area contributed by atoms with Crippen molar-refractivity contribution in [2.75, 3.05) is 23.7 Å². The van der Waals surface area contributed by atoms with E-state index < -0.39 is 10.0 Å². The number of carbonyl (C=O) groups excluding carboxylic acids is 2. The third-order valence-corrected chi connectivity index (χ3v) is 7.36. The van der Waals surface area contributed by atoms with Crippen LogP contribution in [-0.4, -0.2) is 37.6 Å². The van der Waals surface area contributed by atoms with Crippen LogP contribution < -0.4 is 10.6 Å². The number of nitrogens with zero attached hydrogens (tertiary/aromatic N) is 1. The molecular formula is C22H27N3O4S. The minimum absolute atomic E-state index is 0.0231. The SMILES string of the molecule is CCN(CC)S(=O)(=O)c1ccc(NC(=O)c2cccc(NC(=O)C3CC3C)c2)cc1. The largest absolute Gasteiger partial charge is 0.326 e. The molecule has 2 atom stereocenters. The number of anilines is 2. The maximum Gasteiger partial charge on any atom is 0.255 e. The molecule has 1 aliphatic carbocycles. The van der Waals surface area contributed by atoms with Gasteiger partial charge in [0.25, 0.3) is 5.91 Å².